The first-order valence-electron chi connectivity index (χ1n) is 9.84. The zero-order chi connectivity index (χ0) is 23.6. The fourth-order valence-electron chi connectivity index (χ4n) is 3.58. The van der Waals surface area contributed by atoms with Crippen LogP contribution in [0, 0.1) is 0 Å². The fourth-order valence-corrected chi connectivity index (χ4v) is 5.90. The fraction of sp³-hybridized carbons (Fsp3) is 0.136. The molecule has 0 atom stereocenters. The van der Waals surface area contributed by atoms with Crippen LogP contribution in [0.4, 0.5) is 4.79 Å². The van der Waals surface area contributed by atoms with Crippen LogP contribution in [0.15, 0.2) is 82.4 Å². The Balaban J connectivity index is 1.59. The smallest absolute Gasteiger partial charge is 0.314 e. The summed E-state index contributed by atoms with van der Waals surface area (Å²) in [6.45, 7) is -0.582. The molecule has 0 spiro atoms. The molecule has 1 aliphatic heterocycles. The van der Waals surface area contributed by atoms with Gasteiger partial charge in [-0.15, -0.1) is 11.3 Å². The van der Waals surface area contributed by atoms with Crippen molar-refractivity contribution in [2.24, 2.45) is 0 Å². The zero-order valence-electron chi connectivity index (χ0n) is 17.5. The Morgan fingerprint density at radius 1 is 1.00 bits per heavy atom. The van der Waals surface area contributed by atoms with Gasteiger partial charge in [0, 0.05) is 7.05 Å². The molecular formula is C22H20N4O5S2. The van der Waals surface area contributed by atoms with Crippen LogP contribution >= 0.6 is 11.3 Å². The van der Waals surface area contributed by atoms with Gasteiger partial charge >= 0.3 is 6.03 Å². The van der Waals surface area contributed by atoms with E-state index in [9.17, 15) is 22.8 Å². The first kappa shape index (κ1) is 22.6. The number of hydrogen-bond donors (Lipinski definition) is 2. The van der Waals surface area contributed by atoms with Gasteiger partial charge < -0.3 is 5.32 Å². The number of nitrogens with one attached hydrogen (secondary N) is 2. The number of nitrogens with zero attached hydrogens (tertiary/aromatic N) is 2. The molecule has 1 saturated heterocycles. The second kappa shape index (κ2) is 8.77. The highest BCUT2D eigenvalue weighted by molar-refractivity contribution is 7.91. The summed E-state index contributed by atoms with van der Waals surface area (Å²) in [4.78, 5) is 39.0. The number of thiophene rings is 1. The van der Waals surface area contributed by atoms with Crippen LogP contribution in [0.25, 0.3) is 0 Å². The van der Waals surface area contributed by atoms with Gasteiger partial charge in [0.05, 0.1) is 6.54 Å². The molecule has 4 rings (SSSR count). The second-order valence-corrected chi connectivity index (χ2v) is 10.5. The van der Waals surface area contributed by atoms with Crippen LogP contribution in [0.2, 0.25) is 0 Å². The molecule has 2 aromatic carbocycles. The van der Waals surface area contributed by atoms with Crippen LogP contribution in [0.3, 0.4) is 0 Å². The molecule has 11 heteroatoms. The lowest BCUT2D eigenvalue weighted by Crippen LogP contribution is -2.51. The van der Waals surface area contributed by atoms with Crippen molar-refractivity contribution in [3.05, 3.63) is 89.3 Å². The van der Waals surface area contributed by atoms with Crippen molar-refractivity contribution in [3.63, 3.8) is 0 Å². The van der Waals surface area contributed by atoms with Crippen LogP contribution in [0.5, 0.6) is 0 Å². The summed E-state index contributed by atoms with van der Waals surface area (Å²) in [5.74, 6) is -1.54. The van der Waals surface area contributed by atoms with E-state index in [1.165, 1.54) is 13.1 Å². The predicted molar refractivity (Wildman–Crippen MR) is 121 cm³/mol. The van der Waals surface area contributed by atoms with Gasteiger partial charge in [-0.05, 0) is 22.6 Å². The van der Waals surface area contributed by atoms with E-state index in [0.717, 1.165) is 15.6 Å². The van der Waals surface area contributed by atoms with E-state index < -0.39 is 40.0 Å². The van der Waals surface area contributed by atoms with Gasteiger partial charge in [-0.25, -0.2) is 13.2 Å². The minimum absolute atomic E-state index is 0.0833. The molecule has 9 nitrogen and oxygen atoms in total. The third kappa shape index (κ3) is 4.01. The van der Waals surface area contributed by atoms with Crippen molar-refractivity contribution in [2.45, 2.75) is 9.75 Å². The number of benzene rings is 2. The van der Waals surface area contributed by atoms with Gasteiger partial charge in [0.2, 0.25) is 0 Å². The number of rotatable bonds is 7. The molecule has 0 aliphatic carbocycles. The maximum atomic E-state index is 13.5. The normalized spacial score (nSPS) is 15.5. The van der Waals surface area contributed by atoms with E-state index in [2.05, 4.69) is 10.7 Å². The van der Waals surface area contributed by atoms with Gasteiger partial charge in [-0.3, -0.25) is 15.0 Å². The SMILES string of the molecule is CN(CC(=O)NN1C(=O)NC(c2ccccc2)(c2ccccc2)C1=O)S(=O)(=O)c1cccs1. The lowest BCUT2D eigenvalue weighted by atomic mass is 9.83. The molecule has 0 unspecified atom stereocenters. The Morgan fingerprint density at radius 2 is 1.58 bits per heavy atom. The molecule has 1 fully saturated rings. The van der Waals surface area contributed by atoms with Crippen molar-refractivity contribution < 1.29 is 22.8 Å². The number of likely N-dealkylation sites (N-methyl/N-ethyl adjacent to an activating group) is 1. The number of carbonyl (C=O) groups is 3. The number of urea groups is 1. The molecule has 33 heavy (non-hydrogen) atoms. The molecule has 0 saturated carbocycles. The Kier molecular flexibility index (Phi) is 6.02. The molecule has 170 valence electrons. The maximum absolute atomic E-state index is 13.5. The van der Waals surface area contributed by atoms with Crippen molar-refractivity contribution in [1.82, 2.24) is 20.1 Å². The number of carbonyl (C=O) groups excluding carboxylic acids is 3. The summed E-state index contributed by atoms with van der Waals surface area (Å²) in [6, 6.07) is 19.5. The topological polar surface area (TPSA) is 116 Å². The highest BCUT2D eigenvalue weighted by atomic mass is 32.2. The maximum Gasteiger partial charge on any atom is 0.344 e. The highest BCUT2D eigenvalue weighted by Gasteiger charge is 2.54. The van der Waals surface area contributed by atoms with Crippen molar-refractivity contribution in [2.75, 3.05) is 13.6 Å². The largest absolute Gasteiger partial charge is 0.344 e. The Morgan fingerprint density at radius 3 is 2.09 bits per heavy atom. The van der Waals surface area contributed by atoms with Gasteiger partial charge in [0.15, 0.2) is 5.54 Å². The molecule has 3 aromatic rings. The molecule has 1 aromatic heterocycles. The van der Waals surface area contributed by atoms with E-state index in [0.29, 0.717) is 16.1 Å². The summed E-state index contributed by atoms with van der Waals surface area (Å²) in [5.41, 5.74) is 1.75. The number of amides is 4. The summed E-state index contributed by atoms with van der Waals surface area (Å²) in [7, 11) is -2.62. The summed E-state index contributed by atoms with van der Waals surface area (Å²) >= 11 is 1.02. The summed E-state index contributed by atoms with van der Waals surface area (Å²) in [5, 5.41) is 4.91. The van der Waals surface area contributed by atoms with E-state index in [-0.39, 0.29) is 4.21 Å². The molecule has 0 radical (unpaired) electrons. The molecule has 1 aliphatic rings. The van der Waals surface area contributed by atoms with Gasteiger partial charge in [0.1, 0.15) is 4.21 Å². The standard InChI is InChI=1S/C22H20N4O5S2/c1-25(33(30,31)19-13-8-14-32-19)15-18(27)24-26-20(28)22(23-21(26)29,16-9-4-2-5-10-16)17-11-6-3-7-12-17/h2-14H,15H2,1H3,(H,23,29)(H,24,27). The Labute approximate surface area is 194 Å². The van der Waals surface area contributed by atoms with Gasteiger partial charge in [0.25, 0.3) is 21.8 Å². The van der Waals surface area contributed by atoms with Crippen LogP contribution < -0.4 is 10.7 Å². The van der Waals surface area contributed by atoms with E-state index in [4.69, 9.17) is 0 Å². The second-order valence-electron chi connectivity index (χ2n) is 7.28. The lowest BCUT2D eigenvalue weighted by molar-refractivity contribution is -0.138. The average molecular weight is 485 g/mol. The average Bonchev–Trinajstić information content (AvgIpc) is 3.44. The lowest BCUT2D eigenvalue weighted by Gasteiger charge is -2.27. The zero-order valence-corrected chi connectivity index (χ0v) is 19.1. The summed E-state index contributed by atoms with van der Waals surface area (Å²) < 4.78 is 26.1. The Hall–Kier alpha value is -3.54. The minimum Gasteiger partial charge on any atom is -0.314 e. The van der Waals surface area contributed by atoms with Gasteiger partial charge in [-0.1, -0.05) is 66.7 Å². The third-order valence-electron chi connectivity index (χ3n) is 5.20. The molecule has 2 heterocycles. The molecule has 0 bridgehead atoms. The van der Waals surface area contributed by atoms with Gasteiger partial charge in [-0.2, -0.15) is 9.31 Å². The first-order valence-corrected chi connectivity index (χ1v) is 12.2. The quantitative estimate of drug-likeness (QED) is 0.497. The van der Waals surface area contributed by atoms with Crippen LogP contribution in [0.1, 0.15) is 11.1 Å². The van der Waals surface area contributed by atoms with Crippen LogP contribution in [-0.4, -0.2) is 49.2 Å². The predicted octanol–water partition coefficient (Wildman–Crippen LogP) is 1.90. The number of sulfonamides is 1. The van der Waals surface area contributed by atoms with Crippen molar-refractivity contribution in [1.29, 1.82) is 0 Å². The molecule has 4 amide bonds. The van der Waals surface area contributed by atoms with E-state index in [1.807, 2.05) is 0 Å². The number of hydrogen-bond acceptors (Lipinski definition) is 6. The molecule has 2 N–H and O–H groups in total. The minimum atomic E-state index is -3.87. The van der Waals surface area contributed by atoms with Crippen LogP contribution in [-0.2, 0) is 25.2 Å². The number of hydrazine groups is 1. The summed E-state index contributed by atoms with van der Waals surface area (Å²) in [6.07, 6.45) is 0. The Bertz CT molecular complexity index is 1240. The van der Waals surface area contributed by atoms with E-state index >= 15 is 0 Å². The molecular weight excluding hydrogens is 464 g/mol. The monoisotopic (exact) mass is 484 g/mol. The van der Waals surface area contributed by atoms with Crippen molar-refractivity contribution >= 4 is 39.2 Å². The highest BCUT2D eigenvalue weighted by Crippen LogP contribution is 2.35. The van der Waals surface area contributed by atoms with E-state index in [1.54, 1.807) is 72.1 Å². The van der Waals surface area contributed by atoms with Crippen molar-refractivity contribution in [3.8, 4) is 0 Å². The first-order chi connectivity index (χ1) is 15.8. The third-order valence-corrected chi connectivity index (χ3v) is 8.37. The number of imide groups is 1.